The minimum Gasteiger partial charge on any atom is -0.302 e. The molecule has 5 rings (SSSR count). The van der Waals surface area contributed by atoms with Crippen molar-refractivity contribution < 1.29 is 4.79 Å². The largest absolute Gasteiger partial charge is 0.302 e. The molecular weight excluding hydrogens is 352 g/mol. The predicted molar refractivity (Wildman–Crippen MR) is 100 cm³/mol. The predicted octanol–water partition coefficient (Wildman–Crippen LogP) is 4.44. The highest BCUT2D eigenvalue weighted by Crippen LogP contribution is 2.35. The molecule has 0 saturated heterocycles. The molecule has 0 radical (unpaired) electrons. The molecule has 1 saturated carbocycles. The summed E-state index contributed by atoms with van der Waals surface area (Å²) in [5, 5.41) is 4.69. The molecule has 0 spiro atoms. The monoisotopic (exact) mass is 366 g/mol. The van der Waals surface area contributed by atoms with Gasteiger partial charge in [-0.25, -0.2) is 9.97 Å². The summed E-state index contributed by atoms with van der Waals surface area (Å²) in [6, 6.07) is 12.2. The van der Waals surface area contributed by atoms with Gasteiger partial charge in [0, 0.05) is 17.0 Å². The highest BCUT2D eigenvalue weighted by Gasteiger charge is 2.30. The maximum Gasteiger partial charge on any atom is 0.229 e. The molecule has 1 aliphatic rings. The van der Waals surface area contributed by atoms with Crippen molar-refractivity contribution in [3.05, 3.63) is 48.8 Å². The van der Waals surface area contributed by atoms with E-state index in [1.807, 2.05) is 36.7 Å². The standard InChI is InChI=1S/C18H14N4OS2/c23-17(11-4-5-11)21-18-20-13-7-6-12(9-14(13)25-18)24-16-10-19-15-3-1-2-8-22(15)16/h1-3,6-11H,4-5H2,(H,20,21,23). The topological polar surface area (TPSA) is 59.3 Å². The van der Waals surface area contributed by atoms with Crippen molar-refractivity contribution in [2.45, 2.75) is 22.8 Å². The molecule has 4 aromatic rings. The molecule has 25 heavy (non-hydrogen) atoms. The molecule has 0 atom stereocenters. The molecule has 3 heterocycles. The molecule has 0 bridgehead atoms. The lowest BCUT2D eigenvalue weighted by Gasteiger charge is -2.01. The third-order valence-corrected chi connectivity index (χ3v) is 6.08. The van der Waals surface area contributed by atoms with E-state index in [-0.39, 0.29) is 11.8 Å². The number of anilines is 1. The first kappa shape index (κ1) is 14.9. The molecular formula is C18H14N4OS2. The fourth-order valence-electron chi connectivity index (χ4n) is 2.68. The summed E-state index contributed by atoms with van der Waals surface area (Å²) in [5.74, 6) is 0.285. The number of benzene rings is 1. The van der Waals surface area contributed by atoms with Gasteiger partial charge in [-0.3, -0.25) is 9.20 Å². The summed E-state index contributed by atoms with van der Waals surface area (Å²) < 4.78 is 3.15. The van der Waals surface area contributed by atoms with Crippen LogP contribution in [0, 0.1) is 5.92 Å². The van der Waals surface area contributed by atoms with Crippen LogP contribution in [0.1, 0.15) is 12.8 Å². The van der Waals surface area contributed by atoms with Gasteiger partial charge >= 0.3 is 0 Å². The second-order valence-electron chi connectivity index (χ2n) is 6.04. The van der Waals surface area contributed by atoms with Crippen LogP contribution in [0.4, 0.5) is 5.13 Å². The van der Waals surface area contributed by atoms with Crippen LogP contribution >= 0.6 is 23.1 Å². The summed E-state index contributed by atoms with van der Waals surface area (Å²) in [6.07, 6.45) is 5.90. The molecule has 5 nitrogen and oxygen atoms in total. The zero-order valence-electron chi connectivity index (χ0n) is 13.2. The number of nitrogens with one attached hydrogen (secondary N) is 1. The lowest BCUT2D eigenvalue weighted by molar-refractivity contribution is -0.117. The fraction of sp³-hybridized carbons (Fsp3) is 0.167. The number of pyridine rings is 1. The summed E-state index contributed by atoms with van der Waals surface area (Å²) in [4.78, 5) is 22.0. The Labute approximate surface area is 152 Å². The quantitative estimate of drug-likeness (QED) is 0.580. The normalized spacial score (nSPS) is 14.2. The van der Waals surface area contributed by atoms with Crippen molar-refractivity contribution in [2.24, 2.45) is 5.92 Å². The van der Waals surface area contributed by atoms with Gasteiger partial charge in [-0.05, 0) is 43.2 Å². The van der Waals surface area contributed by atoms with Crippen molar-refractivity contribution >= 4 is 50.0 Å². The molecule has 1 N–H and O–H groups in total. The molecule has 1 aliphatic carbocycles. The van der Waals surface area contributed by atoms with Crippen molar-refractivity contribution in [1.29, 1.82) is 0 Å². The van der Waals surface area contributed by atoms with Gasteiger partial charge in [0.15, 0.2) is 5.13 Å². The lowest BCUT2D eigenvalue weighted by atomic mass is 10.3. The zero-order chi connectivity index (χ0) is 16.8. The van der Waals surface area contributed by atoms with E-state index < -0.39 is 0 Å². The van der Waals surface area contributed by atoms with Crippen LogP contribution in [0.15, 0.2) is 58.7 Å². The number of rotatable bonds is 4. The maximum atomic E-state index is 11.9. The van der Waals surface area contributed by atoms with Gasteiger partial charge in [0.2, 0.25) is 5.91 Å². The average Bonchev–Trinajstić information content (AvgIpc) is 3.29. The van der Waals surface area contributed by atoms with E-state index in [1.54, 1.807) is 11.8 Å². The van der Waals surface area contributed by atoms with Gasteiger partial charge < -0.3 is 5.32 Å². The molecule has 7 heteroatoms. The van der Waals surface area contributed by atoms with Gasteiger partial charge in [0.1, 0.15) is 10.7 Å². The van der Waals surface area contributed by atoms with E-state index >= 15 is 0 Å². The van der Waals surface area contributed by atoms with E-state index in [2.05, 4.69) is 31.8 Å². The number of aromatic nitrogens is 3. The Morgan fingerprint density at radius 2 is 2.20 bits per heavy atom. The minimum absolute atomic E-state index is 0.0967. The number of nitrogens with zero attached hydrogens (tertiary/aromatic N) is 3. The second kappa shape index (κ2) is 5.86. The summed E-state index contributed by atoms with van der Waals surface area (Å²) in [5.41, 5.74) is 1.85. The van der Waals surface area contributed by atoms with Gasteiger partial charge in [0.25, 0.3) is 0 Å². The lowest BCUT2D eigenvalue weighted by Crippen LogP contribution is -2.12. The first-order valence-corrected chi connectivity index (χ1v) is 9.71. The summed E-state index contributed by atoms with van der Waals surface area (Å²) in [7, 11) is 0. The van der Waals surface area contributed by atoms with Gasteiger partial charge in [-0.2, -0.15) is 0 Å². The molecule has 0 aliphatic heterocycles. The zero-order valence-corrected chi connectivity index (χ0v) is 14.8. The SMILES string of the molecule is O=C(Nc1nc2ccc(Sc3cnc4ccccn34)cc2s1)C1CC1. The fourth-order valence-corrected chi connectivity index (χ4v) is 4.58. The van der Waals surface area contributed by atoms with Crippen LogP contribution in [0.2, 0.25) is 0 Å². The highest BCUT2D eigenvalue weighted by atomic mass is 32.2. The van der Waals surface area contributed by atoms with Crippen molar-refractivity contribution in [3.8, 4) is 0 Å². The summed E-state index contributed by atoms with van der Waals surface area (Å²) in [6.45, 7) is 0. The van der Waals surface area contributed by atoms with Gasteiger partial charge in [-0.1, -0.05) is 29.2 Å². The summed E-state index contributed by atoms with van der Waals surface area (Å²) >= 11 is 3.19. The Hall–Kier alpha value is -2.38. The van der Waals surface area contributed by atoms with Crippen molar-refractivity contribution in [3.63, 3.8) is 0 Å². The number of hydrogen-bond donors (Lipinski definition) is 1. The molecule has 3 aromatic heterocycles. The molecule has 0 unspecified atom stereocenters. The van der Waals surface area contributed by atoms with Crippen LogP contribution in [0.25, 0.3) is 15.9 Å². The van der Waals surface area contributed by atoms with Crippen LogP contribution in [-0.2, 0) is 4.79 Å². The number of imidazole rings is 1. The van der Waals surface area contributed by atoms with E-state index in [1.165, 1.54) is 11.3 Å². The Bertz CT molecular complexity index is 1100. The molecule has 1 amide bonds. The number of carbonyl (C=O) groups excluding carboxylic acids is 1. The van der Waals surface area contributed by atoms with Crippen LogP contribution in [0.5, 0.6) is 0 Å². The minimum atomic E-state index is 0.0967. The smallest absolute Gasteiger partial charge is 0.229 e. The van der Waals surface area contributed by atoms with E-state index in [0.29, 0.717) is 5.13 Å². The van der Waals surface area contributed by atoms with Crippen LogP contribution < -0.4 is 5.32 Å². The third kappa shape index (κ3) is 2.89. The van der Waals surface area contributed by atoms with Crippen molar-refractivity contribution in [1.82, 2.24) is 14.4 Å². The molecule has 1 aromatic carbocycles. The molecule has 124 valence electrons. The number of hydrogen-bond acceptors (Lipinski definition) is 5. The number of carbonyl (C=O) groups is 1. The van der Waals surface area contributed by atoms with Crippen LogP contribution in [0.3, 0.4) is 0 Å². The third-order valence-electron chi connectivity index (χ3n) is 4.14. The number of amides is 1. The molecule has 1 fully saturated rings. The Morgan fingerprint density at radius 1 is 1.28 bits per heavy atom. The van der Waals surface area contributed by atoms with E-state index in [0.717, 1.165) is 38.6 Å². The Balaban J connectivity index is 1.42. The first-order chi connectivity index (χ1) is 12.3. The van der Waals surface area contributed by atoms with E-state index in [9.17, 15) is 4.79 Å². The van der Waals surface area contributed by atoms with E-state index in [4.69, 9.17) is 0 Å². The maximum absolute atomic E-state index is 11.9. The highest BCUT2D eigenvalue weighted by molar-refractivity contribution is 7.99. The van der Waals surface area contributed by atoms with Crippen LogP contribution in [-0.4, -0.2) is 20.3 Å². The number of fused-ring (bicyclic) bond motifs is 2. The Kier molecular flexibility index (Phi) is 3.50. The van der Waals surface area contributed by atoms with Gasteiger partial charge in [0.05, 0.1) is 16.4 Å². The number of thiazole rings is 1. The van der Waals surface area contributed by atoms with Crippen molar-refractivity contribution in [2.75, 3.05) is 5.32 Å². The van der Waals surface area contributed by atoms with Gasteiger partial charge in [-0.15, -0.1) is 0 Å². The Morgan fingerprint density at radius 3 is 3.08 bits per heavy atom. The average molecular weight is 366 g/mol. The first-order valence-electron chi connectivity index (χ1n) is 8.08. The second-order valence-corrected chi connectivity index (χ2v) is 8.16.